The monoisotopic (exact) mass is 150 g/mol. The van der Waals surface area contributed by atoms with E-state index in [1.54, 1.807) is 0 Å². The summed E-state index contributed by atoms with van der Waals surface area (Å²) in [5.41, 5.74) is 6.06. The molecule has 1 saturated carbocycles. The quantitative estimate of drug-likeness (QED) is 0.481. The molecule has 0 N–H and O–H groups in total. The van der Waals surface area contributed by atoms with Crippen LogP contribution in [0.5, 0.6) is 0 Å². The Morgan fingerprint density at radius 3 is 2.91 bits per heavy atom. The predicted octanol–water partition coefficient (Wildman–Crippen LogP) is 2.29. The highest BCUT2D eigenvalue weighted by atomic mass is 16.5. The number of ether oxygens (including phenoxy) is 1. The normalized spacial score (nSPS) is 34.2. The maximum absolute atomic E-state index is 5.55. The van der Waals surface area contributed by atoms with Crippen LogP contribution in [-0.2, 0) is 4.74 Å². The first kappa shape index (κ1) is 7.15. The van der Waals surface area contributed by atoms with Gasteiger partial charge in [0.15, 0.2) is 0 Å². The molecule has 2 fully saturated rings. The van der Waals surface area contributed by atoms with E-state index in [4.69, 9.17) is 4.74 Å². The lowest BCUT2D eigenvalue weighted by Crippen LogP contribution is -2.05. The highest BCUT2D eigenvalue weighted by molar-refractivity contribution is 5.33. The van der Waals surface area contributed by atoms with Crippen molar-refractivity contribution in [2.24, 2.45) is 5.92 Å². The van der Waals surface area contributed by atoms with Crippen LogP contribution < -0.4 is 0 Å². The number of hydrogen-bond acceptors (Lipinski definition) is 1. The zero-order chi connectivity index (χ0) is 7.84. The molecule has 2 aliphatic rings. The van der Waals surface area contributed by atoms with Crippen LogP contribution in [0.25, 0.3) is 0 Å². The van der Waals surface area contributed by atoms with E-state index in [0.717, 1.165) is 12.5 Å². The van der Waals surface area contributed by atoms with Gasteiger partial charge in [-0.1, -0.05) is 0 Å². The fourth-order valence-corrected chi connectivity index (χ4v) is 1.77. The summed E-state index contributed by atoms with van der Waals surface area (Å²) in [5, 5.41) is 0. The van der Waals surface area contributed by atoms with Gasteiger partial charge in [0.2, 0.25) is 0 Å². The van der Waals surface area contributed by atoms with Gasteiger partial charge in [-0.3, -0.25) is 0 Å². The summed E-state index contributed by atoms with van der Waals surface area (Å²) in [6.45, 7) is 5.14. The van der Waals surface area contributed by atoms with Crippen LogP contribution in [0.15, 0.2) is 16.9 Å². The smallest absolute Gasteiger partial charge is 0.0934 e. The largest absolute Gasteiger partial charge is 0.373 e. The van der Waals surface area contributed by atoms with Gasteiger partial charge in [-0.15, -0.1) is 5.73 Å². The lowest BCUT2D eigenvalue weighted by Gasteiger charge is -2.06. The first-order chi connectivity index (χ1) is 5.29. The Labute approximate surface area is 67.7 Å². The van der Waals surface area contributed by atoms with E-state index in [1.807, 2.05) is 0 Å². The number of rotatable bonds is 0. The van der Waals surface area contributed by atoms with Crippen LogP contribution in [0.3, 0.4) is 0 Å². The van der Waals surface area contributed by atoms with Crippen LogP contribution in [0, 0.1) is 5.92 Å². The van der Waals surface area contributed by atoms with Gasteiger partial charge in [-0.05, 0) is 32.3 Å². The molecule has 60 valence electrons. The van der Waals surface area contributed by atoms with Crippen LogP contribution in [0.1, 0.15) is 26.7 Å². The molecule has 2 atom stereocenters. The summed E-state index contributed by atoms with van der Waals surface area (Å²) in [6.07, 6.45) is 3.01. The van der Waals surface area contributed by atoms with Crippen LogP contribution in [0.4, 0.5) is 0 Å². The lowest BCUT2D eigenvalue weighted by atomic mass is 10.2. The molecule has 1 aliphatic carbocycles. The lowest BCUT2D eigenvalue weighted by molar-refractivity contribution is 0.0830. The van der Waals surface area contributed by atoms with E-state index in [1.165, 1.54) is 24.0 Å². The molecule has 0 amide bonds. The first-order valence-electron chi connectivity index (χ1n) is 4.34. The average Bonchev–Trinajstić information content (AvgIpc) is 2.64. The van der Waals surface area contributed by atoms with Crippen molar-refractivity contribution in [2.75, 3.05) is 6.61 Å². The molecule has 0 spiro atoms. The Bertz CT molecular complexity index is 215. The number of fused-ring (bicyclic) bond motifs is 1. The Balaban J connectivity index is 2.17. The second-order valence-corrected chi connectivity index (χ2v) is 3.62. The van der Waals surface area contributed by atoms with E-state index in [0.29, 0.717) is 6.10 Å². The van der Waals surface area contributed by atoms with Gasteiger partial charge in [0.25, 0.3) is 0 Å². The van der Waals surface area contributed by atoms with Gasteiger partial charge >= 0.3 is 0 Å². The SMILES string of the molecule is CC(C)=C=C1C2CCCOC12. The van der Waals surface area contributed by atoms with Crippen molar-refractivity contribution in [3.8, 4) is 0 Å². The topological polar surface area (TPSA) is 9.23 Å². The summed E-state index contributed by atoms with van der Waals surface area (Å²) in [4.78, 5) is 0. The minimum atomic E-state index is 0.457. The van der Waals surface area contributed by atoms with E-state index in [9.17, 15) is 0 Å². The molecule has 0 aromatic carbocycles. The molecule has 1 heteroatoms. The third-order valence-corrected chi connectivity index (χ3v) is 2.31. The van der Waals surface area contributed by atoms with Crippen molar-refractivity contribution in [3.63, 3.8) is 0 Å². The fraction of sp³-hybridized carbons (Fsp3) is 0.700. The van der Waals surface area contributed by atoms with E-state index in [-0.39, 0.29) is 0 Å². The molecule has 1 saturated heterocycles. The highest BCUT2D eigenvalue weighted by Crippen LogP contribution is 2.46. The first-order valence-corrected chi connectivity index (χ1v) is 4.34. The summed E-state index contributed by atoms with van der Waals surface area (Å²) in [5.74, 6) is 0.735. The zero-order valence-electron chi connectivity index (χ0n) is 7.18. The minimum Gasteiger partial charge on any atom is -0.373 e. The van der Waals surface area contributed by atoms with Crippen molar-refractivity contribution >= 4 is 0 Å². The Kier molecular flexibility index (Phi) is 1.63. The van der Waals surface area contributed by atoms with Gasteiger partial charge in [0.1, 0.15) is 0 Å². The van der Waals surface area contributed by atoms with Gasteiger partial charge < -0.3 is 4.74 Å². The summed E-state index contributed by atoms with van der Waals surface area (Å²) in [6, 6.07) is 0. The third-order valence-electron chi connectivity index (χ3n) is 2.31. The summed E-state index contributed by atoms with van der Waals surface area (Å²) in [7, 11) is 0. The van der Waals surface area contributed by atoms with Crippen LogP contribution >= 0.6 is 0 Å². The molecule has 0 radical (unpaired) electrons. The second kappa shape index (κ2) is 2.51. The maximum atomic E-state index is 5.55. The van der Waals surface area contributed by atoms with Gasteiger partial charge in [-0.2, -0.15) is 0 Å². The summed E-state index contributed by atoms with van der Waals surface area (Å²) < 4.78 is 5.55. The van der Waals surface area contributed by atoms with E-state index < -0.39 is 0 Å². The Morgan fingerprint density at radius 2 is 2.36 bits per heavy atom. The van der Waals surface area contributed by atoms with Crippen molar-refractivity contribution < 1.29 is 4.74 Å². The second-order valence-electron chi connectivity index (χ2n) is 3.62. The molecular weight excluding hydrogens is 136 g/mol. The van der Waals surface area contributed by atoms with Crippen LogP contribution in [-0.4, -0.2) is 12.7 Å². The van der Waals surface area contributed by atoms with E-state index in [2.05, 4.69) is 19.6 Å². The molecule has 0 aromatic rings. The molecule has 11 heavy (non-hydrogen) atoms. The number of hydrogen-bond donors (Lipinski definition) is 0. The van der Waals surface area contributed by atoms with Gasteiger partial charge in [-0.25, -0.2) is 0 Å². The average molecular weight is 150 g/mol. The van der Waals surface area contributed by atoms with Crippen molar-refractivity contribution in [1.29, 1.82) is 0 Å². The Morgan fingerprint density at radius 1 is 1.55 bits per heavy atom. The molecular formula is C10H14O. The molecule has 2 rings (SSSR count). The fourth-order valence-electron chi connectivity index (χ4n) is 1.77. The highest BCUT2D eigenvalue weighted by Gasteiger charge is 2.46. The van der Waals surface area contributed by atoms with Crippen LogP contribution in [0.2, 0.25) is 0 Å². The zero-order valence-corrected chi connectivity index (χ0v) is 7.18. The van der Waals surface area contributed by atoms with Gasteiger partial charge in [0.05, 0.1) is 6.10 Å². The van der Waals surface area contributed by atoms with Crippen molar-refractivity contribution in [3.05, 3.63) is 16.9 Å². The minimum absolute atomic E-state index is 0.457. The third kappa shape index (κ3) is 1.26. The molecule has 0 bridgehead atoms. The van der Waals surface area contributed by atoms with Crippen molar-refractivity contribution in [2.45, 2.75) is 32.8 Å². The molecule has 1 nitrogen and oxygen atoms in total. The van der Waals surface area contributed by atoms with Crippen molar-refractivity contribution in [1.82, 2.24) is 0 Å². The maximum Gasteiger partial charge on any atom is 0.0934 e. The predicted molar refractivity (Wildman–Crippen MR) is 44.4 cm³/mol. The Hall–Kier alpha value is -0.520. The van der Waals surface area contributed by atoms with Gasteiger partial charge in [0, 0.05) is 18.1 Å². The molecule has 1 heterocycles. The molecule has 1 aliphatic heterocycles. The van der Waals surface area contributed by atoms with E-state index >= 15 is 0 Å². The standard InChI is InChI=1S/C10H14O/c1-7(2)6-9-8-4-3-5-11-10(8)9/h8,10H,3-5H2,1-2H3. The molecule has 2 unspecified atom stereocenters. The molecule has 0 aromatic heterocycles. The summed E-state index contributed by atoms with van der Waals surface area (Å²) >= 11 is 0.